The number of aliphatic hydroxyl groups excluding tert-OH is 4. The van der Waals surface area contributed by atoms with Gasteiger partial charge in [-0.05, 0) is 30.3 Å². The van der Waals surface area contributed by atoms with E-state index in [1.807, 2.05) is 0 Å². The van der Waals surface area contributed by atoms with Crippen molar-refractivity contribution < 1.29 is 39.2 Å². The SMILES string of the molecule is NC(=O)Nc1c(C(=O)c2cc(Cl)ccc2Cl)oc2cc(OC(C(O)CO)C(O)CO)ccc12. The highest BCUT2D eigenvalue weighted by molar-refractivity contribution is 6.37. The van der Waals surface area contributed by atoms with Crippen molar-refractivity contribution in [3.05, 3.63) is 57.8 Å². The van der Waals surface area contributed by atoms with Crippen LogP contribution < -0.4 is 15.8 Å². The number of benzene rings is 2. The molecule has 33 heavy (non-hydrogen) atoms. The summed E-state index contributed by atoms with van der Waals surface area (Å²) in [7, 11) is 0. The van der Waals surface area contributed by atoms with Crippen LogP contribution in [0.25, 0.3) is 11.0 Å². The van der Waals surface area contributed by atoms with Gasteiger partial charge in [0.15, 0.2) is 11.9 Å². The molecule has 176 valence electrons. The highest BCUT2D eigenvalue weighted by Gasteiger charge is 2.29. The monoisotopic (exact) mass is 498 g/mol. The Hall–Kier alpha value is -2.86. The second-order valence-corrected chi connectivity index (χ2v) is 7.83. The molecule has 2 atom stereocenters. The number of aliphatic hydroxyl groups is 4. The third-order valence-electron chi connectivity index (χ3n) is 4.69. The molecule has 0 aliphatic rings. The van der Waals surface area contributed by atoms with E-state index in [1.54, 1.807) is 0 Å². The largest absolute Gasteiger partial charge is 0.485 e. The number of furan rings is 1. The first-order chi connectivity index (χ1) is 15.7. The van der Waals surface area contributed by atoms with Crippen LogP contribution in [-0.2, 0) is 0 Å². The molecular weight excluding hydrogens is 479 g/mol. The Morgan fingerprint density at radius 1 is 1.06 bits per heavy atom. The van der Waals surface area contributed by atoms with E-state index in [9.17, 15) is 30.0 Å². The van der Waals surface area contributed by atoms with Crippen LogP contribution in [-0.4, -0.2) is 63.8 Å². The van der Waals surface area contributed by atoms with Crippen molar-refractivity contribution in [1.29, 1.82) is 0 Å². The lowest BCUT2D eigenvalue weighted by molar-refractivity contribution is -0.0775. The number of fused-ring (bicyclic) bond motifs is 1. The van der Waals surface area contributed by atoms with Crippen molar-refractivity contribution in [1.82, 2.24) is 0 Å². The van der Waals surface area contributed by atoms with Gasteiger partial charge < -0.3 is 40.6 Å². The summed E-state index contributed by atoms with van der Waals surface area (Å²) in [4.78, 5) is 24.7. The molecule has 0 radical (unpaired) electrons. The lowest BCUT2D eigenvalue weighted by Crippen LogP contribution is -2.45. The molecular formula is C21H20Cl2N2O8. The van der Waals surface area contributed by atoms with Crippen LogP contribution in [0.3, 0.4) is 0 Å². The number of anilines is 1. The Kier molecular flexibility index (Phi) is 7.80. The van der Waals surface area contributed by atoms with Gasteiger partial charge in [-0.15, -0.1) is 0 Å². The van der Waals surface area contributed by atoms with Crippen LogP contribution >= 0.6 is 23.2 Å². The molecule has 7 N–H and O–H groups in total. The Morgan fingerprint density at radius 3 is 2.33 bits per heavy atom. The zero-order valence-electron chi connectivity index (χ0n) is 16.9. The topological polar surface area (TPSA) is 175 Å². The fourth-order valence-electron chi connectivity index (χ4n) is 3.13. The fourth-order valence-corrected chi connectivity index (χ4v) is 3.51. The van der Waals surface area contributed by atoms with E-state index < -0.39 is 43.3 Å². The number of urea groups is 1. The number of halogens is 2. The molecule has 0 aliphatic carbocycles. The quantitative estimate of drug-likeness (QED) is 0.242. The second kappa shape index (κ2) is 10.4. The van der Waals surface area contributed by atoms with Gasteiger partial charge in [0, 0.05) is 22.0 Å². The van der Waals surface area contributed by atoms with E-state index in [0.717, 1.165) is 0 Å². The maximum atomic E-state index is 13.1. The third-order valence-corrected chi connectivity index (χ3v) is 5.26. The molecule has 3 rings (SSSR count). The standard InChI is InChI=1S/C21H20Cl2N2O8/c22-9-1-4-13(23)12(5-9)18(30)20-17(25-21(24)31)11-3-2-10(6-16(11)33-20)32-19(14(28)7-26)15(29)8-27/h1-6,14-15,19,26-29H,7-8H2,(H3,24,25,31). The molecule has 0 fully saturated rings. The fraction of sp³-hybridized carbons (Fsp3) is 0.238. The highest BCUT2D eigenvalue weighted by Crippen LogP contribution is 2.36. The molecule has 2 aromatic carbocycles. The summed E-state index contributed by atoms with van der Waals surface area (Å²) in [5, 5.41) is 41.2. The van der Waals surface area contributed by atoms with E-state index in [2.05, 4.69) is 5.32 Å². The first kappa shape index (κ1) is 24.8. The minimum atomic E-state index is -1.49. The van der Waals surface area contributed by atoms with E-state index in [0.29, 0.717) is 5.39 Å². The zero-order valence-corrected chi connectivity index (χ0v) is 18.4. The van der Waals surface area contributed by atoms with Gasteiger partial charge in [-0.25, -0.2) is 4.79 Å². The van der Waals surface area contributed by atoms with Gasteiger partial charge in [-0.2, -0.15) is 0 Å². The number of hydrogen-bond acceptors (Lipinski definition) is 8. The molecule has 0 saturated carbocycles. The van der Waals surface area contributed by atoms with Gasteiger partial charge in [-0.1, -0.05) is 23.2 Å². The average molecular weight is 499 g/mol. The maximum absolute atomic E-state index is 13.1. The number of ketones is 1. The molecule has 1 aromatic heterocycles. The Morgan fingerprint density at radius 2 is 1.73 bits per heavy atom. The molecule has 0 saturated heterocycles. The minimum Gasteiger partial charge on any atom is -0.485 e. The highest BCUT2D eigenvalue weighted by atomic mass is 35.5. The molecule has 2 unspecified atom stereocenters. The maximum Gasteiger partial charge on any atom is 0.316 e. The first-order valence-corrected chi connectivity index (χ1v) is 10.3. The molecule has 0 spiro atoms. The lowest BCUT2D eigenvalue weighted by atomic mass is 10.1. The van der Waals surface area contributed by atoms with Crippen LogP contribution in [0.5, 0.6) is 5.75 Å². The van der Waals surface area contributed by atoms with Gasteiger partial charge in [-0.3, -0.25) is 4.79 Å². The first-order valence-electron chi connectivity index (χ1n) is 9.53. The van der Waals surface area contributed by atoms with Crippen LogP contribution in [0.4, 0.5) is 10.5 Å². The summed E-state index contributed by atoms with van der Waals surface area (Å²) in [5.41, 5.74) is 5.37. The van der Waals surface area contributed by atoms with Crippen LogP contribution in [0.2, 0.25) is 10.0 Å². The van der Waals surface area contributed by atoms with Gasteiger partial charge >= 0.3 is 6.03 Å². The second-order valence-electron chi connectivity index (χ2n) is 6.99. The number of amides is 2. The van der Waals surface area contributed by atoms with E-state index >= 15 is 0 Å². The predicted octanol–water partition coefficient (Wildman–Crippen LogP) is 1.92. The summed E-state index contributed by atoms with van der Waals surface area (Å²) in [6.07, 6.45) is -4.34. The summed E-state index contributed by atoms with van der Waals surface area (Å²) in [6.45, 7) is -1.45. The van der Waals surface area contributed by atoms with Crippen LogP contribution in [0.15, 0.2) is 40.8 Å². The molecule has 3 aromatic rings. The van der Waals surface area contributed by atoms with Crippen molar-refractivity contribution in [2.24, 2.45) is 5.73 Å². The summed E-state index contributed by atoms with van der Waals surface area (Å²) in [5.74, 6) is -0.867. The molecule has 10 nitrogen and oxygen atoms in total. The summed E-state index contributed by atoms with van der Waals surface area (Å²) >= 11 is 12.1. The molecule has 0 aliphatic heterocycles. The number of primary amides is 1. The van der Waals surface area contributed by atoms with Crippen molar-refractivity contribution >= 4 is 51.7 Å². The van der Waals surface area contributed by atoms with Crippen molar-refractivity contribution in [3.63, 3.8) is 0 Å². The van der Waals surface area contributed by atoms with Crippen molar-refractivity contribution in [2.75, 3.05) is 18.5 Å². The van der Waals surface area contributed by atoms with Crippen LogP contribution in [0.1, 0.15) is 16.1 Å². The van der Waals surface area contributed by atoms with Gasteiger partial charge in [0.05, 0.1) is 18.2 Å². The Labute approximate surface area is 197 Å². The number of carbonyl (C=O) groups is 2. The summed E-state index contributed by atoms with van der Waals surface area (Å²) < 4.78 is 11.2. The number of rotatable bonds is 9. The molecule has 0 bridgehead atoms. The van der Waals surface area contributed by atoms with Crippen molar-refractivity contribution in [3.8, 4) is 5.75 Å². The third kappa shape index (κ3) is 5.38. The van der Waals surface area contributed by atoms with Gasteiger partial charge in [0.25, 0.3) is 0 Å². The van der Waals surface area contributed by atoms with E-state index in [1.165, 1.54) is 36.4 Å². The number of ether oxygens (including phenoxy) is 1. The average Bonchev–Trinajstić information content (AvgIpc) is 3.14. The van der Waals surface area contributed by atoms with Gasteiger partial charge in [0.1, 0.15) is 29.2 Å². The smallest absolute Gasteiger partial charge is 0.316 e. The summed E-state index contributed by atoms with van der Waals surface area (Å²) in [6, 6.07) is 7.53. The number of hydrogen-bond donors (Lipinski definition) is 6. The number of nitrogens with two attached hydrogens (primary N) is 1. The van der Waals surface area contributed by atoms with Gasteiger partial charge in [0.2, 0.25) is 5.78 Å². The van der Waals surface area contributed by atoms with E-state index in [-0.39, 0.29) is 38.4 Å². The Balaban J connectivity index is 2.07. The van der Waals surface area contributed by atoms with Crippen LogP contribution in [0, 0.1) is 0 Å². The Bertz CT molecular complexity index is 1170. The molecule has 1 heterocycles. The van der Waals surface area contributed by atoms with E-state index in [4.69, 9.17) is 38.1 Å². The minimum absolute atomic E-state index is 0.00701. The normalized spacial score (nSPS) is 14.0. The number of carbonyl (C=O) groups excluding carboxylic acids is 2. The molecule has 12 heteroatoms. The lowest BCUT2D eigenvalue weighted by Gasteiger charge is -2.26. The zero-order chi connectivity index (χ0) is 24.3. The molecule has 2 amide bonds. The number of nitrogens with one attached hydrogen (secondary N) is 1. The van der Waals surface area contributed by atoms with Crippen molar-refractivity contribution in [2.45, 2.75) is 18.3 Å². The predicted molar refractivity (Wildman–Crippen MR) is 120 cm³/mol.